The van der Waals surface area contributed by atoms with Gasteiger partial charge in [-0.2, -0.15) is 0 Å². The van der Waals surface area contributed by atoms with E-state index in [0.29, 0.717) is 0 Å². The predicted molar refractivity (Wildman–Crippen MR) is 62.9 cm³/mol. The second-order valence-corrected chi connectivity index (χ2v) is 4.22. The van der Waals surface area contributed by atoms with Gasteiger partial charge in [-0.1, -0.05) is 13.8 Å². The minimum absolute atomic E-state index is 0.0130. The highest BCUT2D eigenvalue weighted by atomic mass is 16.3. The summed E-state index contributed by atoms with van der Waals surface area (Å²) in [5, 5.41) is 30.7. The van der Waals surface area contributed by atoms with Crippen molar-refractivity contribution in [2.75, 3.05) is 6.54 Å². The van der Waals surface area contributed by atoms with E-state index in [1.165, 1.54) is 18.2 Å². The van der Waals surface area contributed by atoms with Crippen molar-refractivity contribution in [3.05, 3.63) is 23.8 Å². The van der Waals surface area contributed by atoms with Gasteiger partial charge in [0.1, 0.15) is 11.5 Å². The van der Waals surface area contributed by atoms with Gasteiger partial charge in [-0.25, -0.2) is 0 Å². The standard InChI is InChI=1S/C12H17NO4/c1-7(2)11(16)6-13-12(17)9-5-8(14)3-4-10(9)15/h3-5,7,11,14-16H,6H2,1-2H3,(H,13,17). The molecule has 1 amide bonds. The molecule has 0 saturated heterocycles. The Morgan fingerprint density at radius 1 is 1.35 bits per heavy atom. The first-order valence-corrected chi connectivity index (χ1v) is 5.40. The van der Waals surface area contributed by atoms with E-state index in [0.717, 1.165) is 0 Å². The molecule has 5 heteroatoms. The van der Waals surface area contributed by atoms with Crippen LogP contribution in [0.4, 0.5) is 0 Å². The average Bonchev–Trinajstić information content (AvgIpc) is 2.28. The monoisotopic (exact) mass is 239 g/mol. The number of benzene rings is 1. The zero-order valence-electron chi connectivity index (χ0n) is 9.84. The van der Waals surface area contributed by atoms with Gasteiger partial charge in [-0.05, 0) is 24.1 Å². The molecule has 17 heavy (non-hydrogen) atoms. The van der Waals surface area contributed by atoms with Crippen molar-refractivity contribution in [1.29, 1.82) is 0 Å². The maximum Gasteiger partial charge on any atom is 0.255 e. The summed E-state index contributed by atoms with van der Waals surface area (Å²) in [5.74, 6) is -0.803. The Kier molecular flexibility index (Phi) is 4.34. The first kappa shape index (κ1) is 13.3. The molecule has 0 aromatic heterocycles. The third-order valence-electron chi connectivity index (χ3n) is 2.47. The van der Waals surface area contributed by atoms with Gasteiger partial charge >= 0.3 is 0 Å². The third kappa shape index (κ3) is 3.64. The van der Waals surface area contributed by atoms with Crippen molar-refractivity contribution in [3.8, 4) is 11.5 Å². The smallest absolute Gasteiger partial charge is 0.255 e. The number of aliphatic hydroxyl groups is 1. The Morgan fingerprint density at radius 2 is 2.00 bits per heavy atom. The zero-order chi connectivity index (χ0) is 13.0. The van der Waals surface area contributed by atoms with Crippen LogP contribution in [0.2, 0.25) is 0 Å². The lowest BCUT2D eigenvalue weighted by atomic mass is 10.1. The fourth-order valence-electron chi connectivity index (χ4n) is 1.23. The molecule has 1 rings (SSSR count). The fraction of sp³-hybridized carbons (Fsp3) is 0.417. The van der Waals surface area contributed by atoms with E-state index in [-0.39, 0.29) is 29.5 Å². The summed E-state index contributed by atoms with van der Waals surface area (Å²) < 4.78 is 0. The van der Waals surface area contributed by atoms with Crippen molar-refractivity contribution >= 4 is 5.91 Å². The van der Waals surface area contributed by atoms with Crippen LogP contribution >= 0.6 is 0 Å². The molecule has 0 spiro atoms. The van der Waals surface area contributed by atoms with Gasteiger partial charge in [-0.3, -0.25) is 4.79 Å². The minimum Gasteiger partial charge on any atom is -0.508 e. The summed E-state index contributed by atoms with van der Waals surface area (Å²) in [5.41, 5.74) is -0.0130. The number of carbonyl (C=O) groups excluding carboxylic acids is 1. The largest absolute Gasteiger partial charge is 0.508 e. The van der Waals surface area contributed by atoms with Crippen LogP contribution in [0.1, 0.15) is 24.2 Å². The number of amides is 1. The molecule has 1 unspecified atom stereocenters. The Labute approximate surface area is 99.7 Å². The predicted octanol–water partition coefficient (Wildman–Crippen LogP) is 0.845. The van der Waals surface area contributed by atoms with E-state index >= 15 is 0 Å². The van der Waals surface area contributed by atoms with Crippen LogP contribution in [0, 0.1) is 5.92 Å². The van der Waals surface area contributed by atoms with Crippen LogP contribution in [-0.4, -0.2) is 33.9 Å². The molecule has 1 aromatic rings. The van der Waals surface area contributed by atoms with E-state index in [1.54, 1.807) is 0 Å². The van der Waals surface area contributed by atoms with Crippen LogP contribution in [0.25, 0.3) is 0 Å². The zero-order valence-corrected chi connectivity index (χ0v) is 9.84. The second-order valence-electron chi connectivity index (χ2n) is 4.22. The number of phenols is 2. The maximum absolute atomic E-state index is 11.7. The quantitative estimate of drug-likeness (QED) is 0.586. The number of aromatic hydroxyl groups is 2. The van der Waals surface area contributed by atoms with Gasteiger partial charge < -0.3 is 20.6 Å². The average molecular weight is 239 g/mol. The summed E-state index contributed by atoms with van der Waals surface area (Å²) in [7, 11) is 0. The Balaban J connectivity index is 2.67. The molecule has 0 bridgehead atoms. The molecule has 0 aliphatic rings. The topological polar surface area (TPSA) is 89.8 Å². The van der Waals surface area contributed by atoms with Crippen LogP contribution in [-0.2, 0) is 0 Å². The number of aliphatic hydroxyl groups excluding tert-OH is 1. The molecular weight excluding hydrogens is 222 g/mol. The SMILES string of the molecule is CC(C)C(O)CNC(=O)c1cc(O)ccc1O. The molecule has 0 saturated carbocycles. The third-order valence-corrected chi connectivity index (χ3v) is 2.47. The highest BCUT2D eigenvalue weighted by Crippen LogP contribution is 2.21. The van der Waals surface area contributed by atoms with Crippen molar-refractivity contribution in [2.24, 2.45) is 5.92 Å². The van der Waals surface area contributed by atoms with Crippen molar-refractivity contribution in [1.82, 2.24) is 5.32 Å². The number of rotatable bonds is 4. The number of hydrogen-bond acceptors (Lipinski definition) is 4. The van der Waals surface area contributed by atoms with Crippen LogP contribution in [0.15, 0.2) is 18.2 Å². The molecule has 1 aromatic carbocycles. The number of hydrogen-bond donors (Lipinski definition) is 4. The first-order valence-electron chi connectivity index (χ1n) is 5.40. The van der Waals surface area contributed by atoms with Gasteiger partial charge in [0.25, 0.3) is 5.91 Å². The Morgan fingerprint density at radius 3 is 2.59 bits per heavy atom. The van der Waals surface area contributed by atoms with E-state index in [1.807, 2.05) is 13.8 Å². The van der Waals surface area contributed by atoms with Gasteiger partial charge in [0.05, 0.1) is 11.7 Å². The van der Waals surface area contributed by atoms with Gasteiger partial charge in [0, 0.05) is 6.54 Å². The summed E-state index contributed by atoms with van der Waals surface area (Å²) in [6.07, 6.45) is -0.640. The van der Waals surface area contributed by atoms with E-state index in [9.17, 15) is 20.1 Å². The lowest BCUT2D eigenvalue weighted by Crippen LogP contribution is -2.34. The second kappa shape index (κ2) is 5.54. The van der Waals surface area contributed by atoms with Crippen LogP contribution in [0.3, 0.4) is 0 Å². The molecule has 0 heterocycles. The van der Waals surface area contributed by atoms with Gasteiger partial charge in [0.15, 0.2) is 0 Å². The normalized spacial score (nSPS) is 12.5. The molecule has 1 atom stereocenters. The van der Waals surface area contributed by atoms with Crippen molar-refractivity contribution < 1.29 is 20.1 Å². The summed E-state index contributed by atoms with van der Waals surface area (Å²) >= 11 is 0. The summed E-state index contributed by atoms with van der Waals surface area (Å²) in [6.45, 7) is 3.77. The fourth-order valence-corrected chi connectivity index (χ4v) is 1.23. The molecule has 4 N–H and O–H groups in total. The minimum atomic E-state index is -0.640. The van der Waals surface area contributed by atoms with E-state index in [2.05, 4.69) is 5.32 Å². The molecule has 0 fully saturated rings. The first-order chi connectivity index (χ1) is 7.91. The van der Waals surface area contributed by atoms with Crippen LogP contribution in [0.5, 0.6) is 11.5 Å². The van der Waals surface area contributed by atoms with Crippen LogP contribution < -0.4 is 5.32 Å². The highest BCUT2D eigenvalue weighted by molar-refractivity contribution is 5.97. The molecular formula is C12H17NO4. The Bertz CT molecular complexity index is 403. The summed E-state index contributed by atoms with van der Waals surface area (Å²) in [4.78, 5) is 11.7. The molecule has 94 valence electrons. The Hall–Kier alpha value is -1.75. The van der Waals surface area contributed by atoms with Gasteiger partial charge in [-0.15, -0.1) is 0 Å². The summed E-state index contributed by atoms with van der Waals surface area (Å²) in [6, 6.07) is 3.70. The maximum atomic E-state index is 11.7. The van der Waals surface area contributed by atoms with Gasteiger partial charge in [0.2, 0.25) is 0 Å². The highest BCUT2D eigenvalue weighted by Gasteiger charge is 2.14. The van der Waals surface area contributed by atoms with E-state index < -0.39 is 12.0 Å². The molecule has 5 nitrogen and oxygen atoms in total. The number of nitrogens with one attached hydrogen (secondary N) is 1. The van der Waals surface area contributed by atoms with Crippen molar-refractivity contribution in [2.45, 2.75) is 20.0 Å². The lowest BCUT2D eigenvalue weighted by molar-refractivity contribution is 0.0869. The van der Waals surface area contributed by atoms with Crippen molar-refractivity contribution in [3.63, 3.8) is 0 Å². The molecule has 0 radical (unpaired) electrons. The molecule has 0 aliphatic heterocycles. The number of phenolic OH excluding ortho intramolecular Hbond substituents is 2. The molecule has 0 aliphatic carbocycles. The number of carbonyl (C=O) groups is 1. The van der Waals surface area contributed by atoms with E-state index in [4.69, 9.17) is 0 Å². The lowest BCUT2D eigenvalue weighted by Gasteiger charge is -2.15.